The summed E-state index contributed by atoms with van der Waals surface area (Å²) in [7, 11) is 0. The van der Waals surface area contributed by atoms with Crippen LogP contribution in [0.4, 0.5) is 0 Å². The first-order chi connectivity index (χ1) is 12.6. The van der Waals surface area contributed by atoms with Crippen molar-refractivity contribution >= 4 is 41.7 Å². The molecule has 0 aliphatic carbocycles. The fourth-order valence-corrected chi connectivity index (χ4v) is 5.13. The Labute approximate surface area is 188 Å². The van der Waals surface area contributed by atoms with Crippen molar-refractivity contribution in [1.29, 1.82) is 0 Å². The van der Waals surface area contributed by atoms with Crippen molar-refractivity contribution in [3.63, 3.8) is 0 Å². The van der Waals surface area contributed by atoms with E-state index in [0.29, 0.717) is 6.04 Å². The van der Waals surface area contributed by atoms with E-state index < -0.39 is 0 Å². The fraction of sp³-hybridized carbons (Fsp3) is 0.950. The SMILES string of the molecule is CCNC(=NCC1(SCC)CCOCC1)NC1CCN(CC(C)C)CC1.I. The maximum atomic E-state index is 5.59. The third-order valence-electron chi connectivity index (χ3n) is 5.28. The minimum absolute atomic E-state index is 0. The van der Waals surface area contributed by atoms with Crippen LogP contribution in [0.15, 0.2) is 4.99 Å². The number of ether oxygens (including phenoxy) is 1. The summed E-state index contributed by atoms with van der Waals surface area (Å²) in [5.41, 5.74) is 0. The van der Waals surface area contributed by atoms with E-state index in [-0.39, 0.29) is 28.7 Å². The maximum absolute atomic E-state index is 5.59. The Kier molecular flexibility index (Phi) is 12.6. The Morgan fingerprint density at radius 2 is 1.89 bits per heavy atom. The third kappa shape index (κ3) is 9.09. The monoisotopic (exact) mass is 512 g/mol. The van der Waals surface area contributed by atoms with Gasteiger partial charge in [-0.1, -0.05) is 20.8 Å². The van der Waals surface area contributed by atoms with Crippen LogP contribution in [0.1, 0.15) is 53.4 Å². The van der Waals surface area contributed by atoms with Crippen LogP contribution >= 0.6 is 35.7 Å². The first-order valence-corrected chi connectivity index (χ1v) is 11.5. The van der Waals surface area contributed by atoms with Crippen molar-refractivity contribution in [1.82, 2.24) is 15.5 Å². The van der Waals surface area contributed by atoms with Crippen molar-refractivity contribution in [2.45, 2.75) is 64.2 Å². The largest absolute Gasteiger partial charge is 0.381 e. The van der Waals surface area contributed by atoms with Gasteiger partial charge in [-0.2, -0.15) is 11.8 Å². The number of hydrogen-bond acceptors (Lipinski definition) is 4. The molecule has 0 amide bonds. The van der Waals surface area contributed by atoms with Gasteiger partial charge in [0, 0.05) is 50.2 Å². The lowest BCUT2D eigenvalue weighted by Gasteiger charge is -2.36. The first-order valence-electron chi connectivity index (χ1n) is 10.6. The predicted molar refractivity (Wildman–Crippen MR) is 130 cm³/mol. The molecular weight excluding hydrogens is 471 g/mol. The normalized spacial score (nSPS) is 21.7. The molecule has 7 heteroatoms. The molecule has 0 saturated carbocycles. The molecule has 0 radical (unpaired) electrons. The second-order valence-corrected chi connectivity index (χ2v) is 9.77. The highest BCUT2D eigenvalue weighted by Gasteiger charge is 2.32. The van der Waals surface area contributed by atoms with Gasteiger partial charge in [0.15, 0.2) is 5.96 Å². The van der Waals surface area contributed by atoms with E-state index in [9.17, 15) is 0 Å². The molecular formula is C20H41IN4OS. The molecule has 2 aliphatic rings. The van der Waals surface area contributed by atoms with Gasteiger partial charge in [0.1, 0.15) is 0 Å². The second kappa shape index (κ2) is 13.5. The van der Waals surface area contributed by atoms with E-state index in [1.807, 2.05) is 0 Å². The number of guanidine groups is 1. The van der Waals surface area contributed by atoms with Gasteiger partial charge in [-0.05, 0) is 44.3 Å². The maximum Gasteiger partial charge on any atom is 0.191 e. The molecule has 5 nitrogen and oxygen atoms in total. The molecule has 0 spiro atoms. The highest BCUT2D eigenvalue weighted by atomic mass is 127. The topological polar surface area (TPSA) is 48.9 Å². The molecule has 0 aromatic heterocycles. The highest BCUT2D eigenvalue weighted by Crippen LogP contribution is 2.35. The van der Waals surface area contributed by atoms with Crippen molar-refractivity contribution in [2.75, 3.05) is 51.7 Å². The van der Waals surface area contributed by atoms with Gasteiger partial charge in [-0.3, -0.25) is 4.99 Å². The van der Waals surface area contributed by atoms with Gasteiger partial charge in [0.05, 0.1) is 6.54 Å². The molecule has 2 heterocycles. The summed E-state index contributed by atoms with van der Waals surface area (Å²) >= 11 is 2.06. The molecule has 2 saturated heterocycles. The molecule has 2 N–H and O–H groups in total. The molecule has 27 heavy (non-hydrogen) atoms. The molecule has 0 unspecified atom stereocenters. The van der Waals surface area contributed by atoms with Crippen molar-refractivity contribution < 1.29 is 4.74 Å². The van der Waals surface area contributed by atoms with Crippen LogP contribution < -0.4 is 10.6 Å². The van der Waals surface area contributed by atoms with Gasteiger partial charge in [-0.15, -0.1) is 24.0 Å². The van der Waals surface area contributed by atoms with Crippen molar-refractivity contribution in [3.8, 4) is 0 Å². The molecule has 0 bridgehead atoms. The minimum Gasteiger partial charge on any atom is -0.381 e. The van der Waals surface area contributed by atoms with Crippen LogP contribution in [-0.4, -0.2) is 73.3 Å². The number of halogens is 1. The van der Waals surface area contributed by atoms with Gasteiger partial charge in [-0.25, -0.2) is 0 Å². The molecule has 0 atom stereocenters. The summed E-state index contributed by atoms with van der Waals surface area (Å²) in [5, 5.41) is 7.16. The number of nitrogens with zero attached hydrogens (tertiary/aromatic N) is 2. The van der Waals surface area contributed by atoms with E-state index in [1.165, 1.54) is 32.5 Å². The summed E-state index contributed by atoms with van der Waals surface area (Å²) in [4.78, 5) is 7.59. The smallest absolute Gasteiger partial charge is 0.191 e. The van der Waals surface area contributed by atoms with E-state index in [4.69, 9.17) is 9.73 Å². The summed E-state index contributed by atoms with van der Waals surface area (Å²) in [6, 6.07) is 0.542. The zero-order chi connectivity index (χ0) is 18.8. The number of hydrogen-bond donors (Lipinski definition) is 2. The summed E-state index contributed by atoms with van der Waals surface area (Å²) in [5.74, 6) is 2.90. The van der Waals surface area contributed by atoms with Crippen LogP contribution in [0, 0.1) is 5.92 Å². The standard InChI is InChI=1S/C20H40N4OS.HI/c1-5-21-19(22-16-20(26-6-2)9-13-25-14-10-20)23-18-7-11-24(12-8-18)15-17(3)4;/h17-18H,5-16H2,1-4H3,(H2,21,22,23);1H. The Balaban J connectivity index is 0.00000364. The zero-order valence-electron chi connectivity index (χ0n) is 17.8. The Hall–Kier alpha value is 0.270. The Morgan fingerprint density at radius 3 is 2.44 bits per heavy atom. The average Bonchev–Trinajstić information content (AvgIpc) is 2.62. The molecule has 2 aliphatic heterocycles. The van der Waals surface area contributed by atoms with E-state index in [0.717, 1.165) is 56.8 Å². The Morgan fingerprint density at radius 1 is 1.22 bits per heavy atom. The number of rotatable bonds is 8. The van der Waals surface area contributed by atoms with Crippen molar-refractivity contribution in [2.24, 2.45) is 10.9 Å². The number of nitrogens with one attached hydrogen (secondary N) is 2. The van der Waals surface area contributed by atoms with Gasteiger partial charge in [0.25, 0.3) is 0 Å². The molecule has 2 fully saturated rings. The lowest BCUT2D eigenvalue weighted by atomic mass is 9.99. The molecule has 160 valence electrons. The summed E-state index contributed by atoms with van der Waals surface area (Å²) in [6.07, 6.45) is 4.64. The molecule has 0 aromatic carbocycles. The van der Waals surface area contributed by atoms with Crippen LogP contribution in [0.3, 0.4) is 0 Å². The number of aliphatic imine (C=N–C) groups is 1. The quantitative estimate of drug-likeness (QED) is 0.296. The number of likely N-dealkylation sites (tertiary alicyclic amines) is 1. The lowest BCUT2D eigenvalue weighted by Crippen LogP contribution is -2.49. The highest BCUT2D eigenvalue weighted by molar-refractivity contribution is 14.0. The van der Waals surface area contributed by atoms with E-state index in [2.05, 4.69) is 55.0 Å². The predicted octanol–water partition coefficient (Wildman–Crippen LogP) is 3.58. The summed E-state index contributed by atoms with van der Waals surface area (Å²) < 4.78 is 5.85. The van der Waals surface area contributed by atoms with Crippen LogP contribution in [-0.2, 0) is 4.74 Å². The van der Waals surface area contributed by atoms with Crippen molar-refractivity contribution in [3.05, 3.63) is 0 Å². The molecule has 2 rings (SSSR count). The van der Waals surface area contributed by atoms with Gasteiger partial charge >= 0.3 is 0 Å². The number of piperidine rings is 1. The van der Waals surface area contributed by atoms with Gasteiger partial charge < -0.3 is 20.3 Å². The Bertz CT molecular complexity index is 417. The van der Waals surface area contributed by atoms with E-state index >= 15 is 0 Å². The minimum atomic E-state index is 0. The van der Waals surface area contributed by atoms with Crippen LogP contribution in [0.25, 0.3) is 0 Å². The van der Waals surface area contributed by atoms with Crippen LogP contribution in [0.2, 0.25) is 0 Å². The zero-order valence-corrected chi connectivity index (χ0v) is 20.9. The second-order valence-electron chi connectivity index (χ2n) is 8.04. The van der Waals surface area contributed by atoms with Crippen LogP contribution in [0.5, 0.6) is 0 Å². The van der Waals surface area contributed by atoms with Gasteiger partial charge in [0.2, 0.25) is 0 Å². The first kappa shape index (κ1) is 25.3. The number of thioether (sulfide) groups is 1. The summed E-state index contributed by atoms with van der Waals surface area (Å²) in [6.45, 7) is 16.2. The lowest BCUT2D eigenvalue weighted by molar-refractivity contribution is 0.0793. The van der Waals surface area contributed by atoms with E-state index in [1.54, 1.807) is 0 Å². The fourth-order valence-electron chi connectivity index (χ4n) is 3.91. The average molecular weight is 513 g/mol. The molecule has 0 aromatic rings. The third-order valence-corrected chi connectivity index (χ3v) is 6.71.